The fraction of sp³-hybridized carbons (Fsp3) is 0.350. The van der Waals surface area contributed by atoms with E-state index in [1.165, 1.54) is 5.56 Å². The van der Waals surface area contributed by atoms with E-state index >= 15 is 0 Å². The van der Waals surface area contributed by atoms with E-state index in [9.17, 15) is 5.26 Å². The van der Waals surface area contributed by atoms with Gasteiger partial charge in [0.05, 0.1) is 11.6 Å². The zero-order chi connectivity index (χ0) is 16.4. The van der Waals surface area contributed by atoms with Crippen LogP contribution in [0.5, 0.6) is 0 Å². The highest BCUT2D eigenvalue weighted by molar-refractivity contribution is 5.60. The highest BCUT2D eigenvalue weighted by Crippen LogP contribution is 2.41. The Morgan fingerprint density at radius 2 is 1.78 bits per heavy atom. The van der Waals surface area contributed by atoms with Crippen molar-refractivity contribution in [3.63, 3.8) is 0 Å². The van der Waals surface area contributed by atoms with Gasteiger partial charge in [-0.1, -0.05) is 43.3 Å². The van der Waals surface area contributed by atoms with Crippen LogP contribution in [-0.2, 0) is 0 Å². The van der Waals surface area contributed by atoms with Gasteiger partial charge in [-0.05, 0) is 43.0 Å². The minimum atomic E-state index is -0.330. The highest BCUT2D eigenvalue weighted by Gasteiger charge is 2.42. The molecule has 0 saturated heterocycles. The molecule has 1 aliphatic rings. The Morgan fingerprint density at radius 3 is 2.48 bits per heavy atom. The maximum absolute atomic E-state index is 9.88. The summed E-state index contributed by atoms with van der Waals surface area (Å²) in [6.07, 6.45) is 0.904. The Morgan fingerprint density at radius 1 is 1.13 bits per heavy atom. The van der Waals surface area contributed by atoms with Crippen LogP contribution in [0.2, 0.25) is 0 Å². The van der Waals surface area contributed by atoms with E-state index in [0.29, 0.717) is 5.92 Å². The summed E-state index contributed by atoms with van der Waals surface area (Å²) in [5, 5.41) is 13.5. The minimum absolute atomic E-state index is 0.242. The van der Waals surface area contributed by atoms with Crippen molar-refractivity contribution in [2.24, 2.45) is 0 Å². The topological polar surface area (TPSA) is 39.1 Å². The average molecular weight is 305 g/mol. The van der Waals surface area contributed by atoms with Crippen LogP contribution in [0.4, 0.5) is 11.4 Å². The molecule has 3 rings (SSSR count). The van der Waals surface area contributed by atoms with Crippen LogP contribution < -0.4 is 10.2 Å². The number of fused-ring (bicyclic) bond motifs is 1. The van der Waals surface area contributed by atoms with Gasteiger partial charge >= 0.3 is 0 Å². The summed E-state index contributed by atoms with van der Waals surface area (Å²) in [5.74, 6) is 0.383. The molecule has 2 aromatic rings. The molecule has 0 amide bonds. The van der Waals surface area contributed by atoms with Gasteiger partial charge in [0, 0.05) is 18.4 Å². The number of nitrogens with zero attached hydrogens (tertiary/aromatic N) is 2. The van der Waals surface area contributed by atoms with Crippen molar-refractivity contribution < 1.29 is 0 Å². The van der Waals surface area contributed by atoms with E-state index in [1.54, 1.807) is 0 Å². The van der Waals surface area contributed by atoms with Crippen molar-refractivity contribution >= 4 is 11.4 Å². The second-order valence-electron chi connectivity index (χ2n) is 6.72. The standard InChI is InChI=1S/C20H23N3/c1-15-13-20(2,22-16-9-5-4-6-10-16)19(14-21)23(3)18-12-8-7-11-17(15)18/h4-12,15,19,22H,13H2,1-3H3/t15-,19-,20+/m1/s1. The summed E-state index contributed by atoms with van der Waals surface area (Å²) in [6.45, 7) is 4.41. The van der Waals surface area contributed by atoms with Gasteiger partial charge < -0.3 is 10.2 Å². The van der Waals surface area contributed by atoms with E-state index in [2.05, 4.69) is 60.5 Å². The van der Waals surface area contributed by atoms with Gasteiger partial charge in [-0.25, -0.2) is 0 Å². The van der Waals surface area contributed by atoms with Crippen LogP contribution in [0.25, 0.3) is 0 Å². The molecule has 0 unspecified atom stereocenters. The fourth-order valence-electron chi connectivity index (χ4n) is 3.85. The van der Waals surface area contributed by atoms with E-state index in [1.807, 2.05) is 31.3 Å². The number of likely N-dealkylation sites (N-methyl/N-ethyl adjacent to an activating group) is 1. The van der Waals surface area contributed by atoms with Crippen molar-refractivity contribution in [1.29, 1.82) is 5.26 Å². The molecule has 0 aromatic heterocycles. The van der Waals surface area contributed by atoms with Gasteiger partial charge in [0.1, 0.15) is 6.04 Å². The summed E-state index contributed by atoms with van der Waals surface area (Å²) >= 11 is 0. The first-order chi connectivity index (χ1) is 11.0. The molecule has 3 atom stereocenters. The molecule has 0 bridgehead atoms. The van der Waals surface area contributed by atoms with Crippen molar-refractivity contribution in [3.8, 4) is 6.07 Å². The molecule has 118 valence electrons. The monoisotopic (exact) mass is 305 g/mol. The lowest BCUT2D eigenvalue weighted by Gasteiger charge is -2.39. The van der Waals surface area contributed by atoms with Crippen LogP contribution >= 0.6 is 0 Å². The molecule has 0 spiro atoms. The average Bonchev–Trinajstić information content (AvgIpc) is 2.62. The molecule has 3 heteroatoms. The Kier molecular flexibility index (Phi) is 4.00. The number of nitriles is 1. The first-order valence-corrected chi connectivity index (χ1v) is 8.10. The van der Waals surface area contributed by atoms with Crippen molar-refractivity contribution in [1.82, 2.24) is 0 Å². The summed E-state index contributed by atoms with van der Waals surface area (Å²) < 4.78 is 0. The predicted octanol–water partition coefficient (Wildman–Crippen LogP) is 4.39. The van der Waals surface area contributed by atoms with Crippen LogP contribution in [0, 0.1) is 11.3 Å². The van der Waals surface area contributed by atoms with E-state index in [0.717, 1.165) is 17.8 Å². The van der Waals surface area contributed by atoms with Crippen LogP contribution in [0.15, 0.2) is 54.6 Å². The SMILES string of the molecule is C[C@@H]1C[C@](C)(Nc2ccccc2)[C@@H](C#N)N(C)c2ccccc21. The number of hydrogen-bond acceptors (Lipinski definition) is 3. The normalized spacial score (nSPS) is 26.8. The minimum Gasteiger partial charge on any atom is -0.377 e. The van der Waals surface area contributed by atoms with Crippen LogP contribution in [0.3, 0.4) is 0 Å². The zero-order valence-corrected chi connectivity index (χ0v) is 14.0. The number of anilines is 2. The molecule has 1 N–H and O–H groups in total. The quantitative estimate of drug-likeness (QED) is 0.894. The molecule has 2 aromatic carbocycles. The Labute approximate surface area is 138 Å². The maximum atomic E-state index is 9.88. The highest BCUT2D eigenvalue weighted by atomic mass is 15.2. The summed E-state index contributed by atoms with van der Waals surface area (Å²) in [5.41, 5.74) is 3.20. The number of benzene rings is 2. The number of rotatable bonds is 2. The summed E-state index contributed by atoms with van der Waals surface area (Å²) in [7, 11) is 2.02. The second-order valence-corrected chi connectivity index (χ2v) is 6.72. The third-order valence-electron chi connectivity index (χ3n) is 4.89. The lowest BCUT2D eigenvalue weighted by Crippen LogP contribution is -2.53. The third kappa shape index (κ3) is 2.77. The smallest absolute Gasteiger partial charge is 0.139 e. The molecule has 0 saturated carbocycles. The largest absolute Gasteiger partial charge is 0.377 e. The van der Waals surface area contributed by atoms with Gasteiger partial charge in [-0.2, -0.15) is 5.26 Å². The molecule has 3 nitrogen and oxygen atoms in total. The molecule has 0 aliphatic carbocycles. The van der Waals surface area contributed by atoms with Crippen LogP contribution in [0.1, 0.15) is 31.7 Å². The first kappa shape index (κ1) is 15.4. The lowest BCUT2D eigenvalue weighted by atomic mass is 9.82. The molecule has 0 radical (unpaired) electrons. The fourth-order valence-corrected chi connectivity index (χ4v) is 3.85. The second kappa shape index (κ2) is 5.96. The van der Waals surface area contributed by atoms with Crippen molar-refractivity contribution in [3.05, 3.63) is 60.2 Å². The zero-order valence-electron chi connectivity index (χ0n) is 14.0. The van der Waals surface area contributed by atoms with Gasteiger partial charge in [-0.15, -0.1) is 0 Å². The van der Waals surface area contributed by atoms with Crippen molar-refractivity contribution in [2.45, 2.75) is 37.8 Å². The Hall–Kier alpha value is -2.47. The Balaban J connectivity index is 2.03. The lowest BCUT2D eigenvalue weighted by molar-refractivity contribution is 0.407. The molecule has 0 fully saturated rings. The first-order valence-electron chi connectivity index (χ1n) is 8.10. The van der Waals surface area contributed by atoms with E-state index < -0.39 is 0 Å². The molecule has 23 heavy (non-hydrogen) atoms. The van der Waals surface area contributed by atoms with Gasteiger partial charge in [0.2, 0.25) is 0 Å². The molecule has 1 heterocycles. The van der Waals surface area contributed by atoms with Crippen LogP contribution in [-0.4, -0.2) is 18.6 Å². The van der Waals surface area contributed by atoms with E-state index in [-0.39, 0.29) is 11.6 Å². The molecular weight excluding hydrogens is 282 g/mol. The number of nitrogens with one attached hydrogen (secondary N) is 1. The molecule has 1 aliphatic heterocycles. The van der Waals surface area contributed by atoms with Crippen molar-refractivity contribution in [2.75, 3.05) is 17.3 Å². The number of para-hydroxylation sites is 2. The third-order valence-corrected chi connectivity index (χ3v) is 4.89. The predicted molar refractivity (Wildman–Crippen MR) is 95.7 cm³/mol. The summed E-state index contributed by atoms with van der Waals surface area (Å²) in [4.78, 5) is 2.12. The Bertz CT molecular complexity index is 719. The van der Waals surface area contributed by atoms with E-state index in [4.69, 9.17) is 0 Å². The van der Waals surface area contributed by atoms with Gasteiger partial charge in [0.15, 0.2) is 0 Å². The number of hydrogen-bond donors (Lipinski definition) is 1. The maximum Gasteiger partial charge on any atom is 0.139 e. The van der Waals surface area contributed by atoms with Gasteiger partial charge in [-0.3, -0.25) is 0 Å². The molecular formula is C20H23N3. The van der Waals surface area contributed by atoms with Gasteiger partial charge in [0.25, 0.3) is 0 Å². The summed E-state index contributed by atoms with van der Waals surface area (Å²) in [6, 6.07) is 20.9.